The molecule has 5 rings (SSSR count). The predicted octanol–water partition coefficient (Wildman–Crippen LogP) is 5.35. The van der Waals surface area contributed by atoms with Crippen LogP contribution in [0.1, 0.15) is 82.4 Å². The molecule has 0 spiro atoms. The first-order chi connectivity index (χ1) is 18.4. The monoisotopic (exact) mass is 517 g/mol. The molecule has 0 unspecified atom stereocenters. The number of nitrogens with zero attached hydrogens (tertiary/aromatic N) is 4. The van der Waals surface area contributed by atoms with Crippen molar-refractivity contribution in [3.63, 3.8) is 0 Å². The minimum atomic E-state index is -0.946. The number of rotatable bonds is 8. The van der Waals surface area contributed by atoms with Crippen LogP contribution in [0.25, 0.3) is 22.5 Å². The summed E-state index contributed by atoms with van der Waals surface area (Å²) in [6.07, 6.45) is 12.7. The SMILES string of the molecule is CCCCCCCc1cc[n+]2c(c1)-c1c(cc(F)c(C#N)c1F)C(=c1oc(=O)c3nccn13)C2(CC)CC. The minimum absolute atomic E-state index is 0.110. The van der Waals surface area contributed by atoms with Crippen LogP contribution in [0, 0.1) is 23.0 Å². The van der Waals surface area contributed by atoms with E-state index in [-0.39, 0.29) is 22.3 Å². The second kappa shape index (κ2) is 10.1. The molecular weight excluding hydrogens is 486 g/mol. The lowest BCUT2D eigenvalue weighted by molar-refractivity contribution is -0.742. The molecule has 0 radical (unpaired) electrons. The quantitative estimate of drug-likeness (QED) is 0.233. The lowest BCUT2D eigenvalue weighted by Gasteiger charge is -2.35. The molecule has 1 aliphatic rings. The lowest BCUT2D eigenvalue weighted by Crippen LogP contribution is -2.61. The summed E-state index contributed by atoms with van der Waals surface area (Å²) in [4.78, 5) is 16.7. The van der Waals surface area contributed by atoms with Crippen molar-refractivity contribution in [2.45, 2.75) is 77.7 Å². The van der Waals surface area contributed by atoms with E-state index < -0.39 is 28.4 Å². The Morgan fingerprint density at radius 2 is 1.89 bits per heavy atom. The summed E-state index contributed by atoms with van der Waals surface area (Å²) in [5, 5.41) is 9.57. The number of hydrogen-bond acceptors (Lipinski definition) is 4. The number of nitriles is 1. The molecule has 0 atom stereocenters. The highest BCUT2D eigenvalue weighted by Gasteiger charge is 2.51. The van der Waals surface area contributed by atoms with Crippen molar-refractivity contribution in [1.82, 2.24) is 9.38 Å². The molecule has 4 aromatic rings. The largest absolute Gasteiger partial charge is 0.402 e. The normalized spacial score (nSPS) is 15.4. The summed E-state index contributed by atoms with van der Waals surface area (Å²) < 4.78 is 40.4. The van der Waals surface area contributed by atoms with Gasteiger partial charge in [-0.2, -0.15) is 9.83 Å². The van der Waals surface area contributed by atoms with Gasteiger partial charge in [-0.05, 0) is 24.5 Å². The van der Waals surface area contributed by atoms with Crippen LogP contribution < -0.4 is 15.7 Å². The Labute approximate surface area is 219 Å². The van der Waals surface area contributed by atoms with Gasteiger partial charge in [0.1, 0.15) is 17.4 Å². The Morgan fingerprint density at radius 3 is 2.61 bits per heavy atom. The molecule has 0 bridgehead atoms. The first-order valence-electron chi connectivity index (χ1n) is 13.4. The molecule has 38 heavy (non-hydrogen) atoms. The Balaban J connectivity index is 1.84. The second-order valence-corrected chi connectivity index (χ2v) is 9.97. The van der Waals surface area contributed by atoms with E-state index in [1.54, 1.807) is 12.3 Å². The average molecular weight is 518 g/mol. The molecule has 4 heterocycles. The van der Waals surface area contributed by atoms with Crippen LogP contribution in [0.15, 0.2) is 46.0 Å². The zero-order chi connectivity index (χ0) is 27.0. The maximum atomic E-state index is 16.0. The Hall–Kier alpha value is -3.86. The first-order valence-corrected chi connectivity index (χ1v) is 13.4. The number of aromatic nitrogens is 3. The molecule has 1 aromatic carbocycles. The Kier molecular flexibility index (Phi) is 6.87. The van der Waals surface area contributed by atoms with Crippen molar-refractivity contribution < 1.29 is 17.8 Å². The molecule has 0 fully saturated rings. The van der Waals surface area contributed by atoms with Crippen LogP contribution in [-0.4, -0.2) is 9.38 Å². The number of oxazole rings is 1. The van der Waals surface area contributed by atoms with Crippen molar-refractivity contribution in [1.29, 1.82) is 5.26 Å². The third-order valence-corrected chi connectivity index (χ3v) is 7.99. The van der Waals surface area contributed by atoms with E-state index >= 15 is 8.78 Å². The fourth-order valence-corrected chi connectivity index (χ4v) is 5.97. The molecule has 0 amide bonds. The third kappa shape index (κ3) is 3.84. The average Bonchev–Trinajstić information content (AvgIpc) is 3.52. The summed E-state index contributed by atoms with van der Waals surface area (Å²) in [6, 6.07) is 6.91. The fourth-order valence-electron chi connectivity index (χ4n) is 5.97. The minimum Gasteiger partial charge on any atom is -0.402 e. The van der Waals surface area contributed by atoms with Crippen LogP contribution in [0.2, 0.25) is 0 Å². The van der Waals surface area contributed by atoms with E-state index in [0.717, 1.165) is 24.8 Å². The van der Waals surface area contributed by atoms with Gasteiger partial charge >= 0.3 is 5.63 Å². The van der Waals surface area contributed by atoms with Gasteiger partial charge in [0.25, 0.3) is 0 Å². The highest BCUT2D eigenvalue weighted by molar-refractivity contribution is 5.84. The molecule has 6 nitrogen and oxygen atoms in total. The van der Waals surface area contributed by atoms with Crippen molar-refractivity contribution in [2.75, 3.05) is 0 Å². The van der Waals surface area contributed by atoms with E-state index in [1.165, 1.54) is 35.9 Å². The van der Waals surface area contributed by atoms with E-state index in [4.69, 9.17) is 4.42 Å². The summed E-state index contributed by atoms with van der Waals surface area (Å²) >= 11 is 0. The number of benzene rings is 1. The van der Waals surface area contributed by atoms with Gasteiger partial charge < -0.3 is 4.42 Å². The highest BCUT2D eigenvalue weighted by Crippen LogP contribution is 2.45. The number of pyridine rings is 1. The highest BCUT2D eigenvalue weighted by atomic mass is 19.1. The van der Waals surface area contributed by atoms with E-state index in [2.05, 4.69) is 11.9 Å². The Bertz CT molecular complexity index is 1670. The zero-order valence-electron chi connectivity index (χ0n) is 22.0. The van der Waals surface area contributed by atoms with Crippen LogP contribution >= 0.6 is 0 Å². The Morgan fingerprint density at radius 1 is 1.13 bits per heavy atom. The van der Waals surface area contributed by atoms with Crippen molar-refractivity contribution in [2.24, 2.45) is 0 Å². The van der Waals surface area contributed by atoms with Crippen LogP contribution in [0.4, 0.5) is 8.78 Å². The third-order valence-electron chi connectivity index (χ3n) is 7.99. The van der Waals surface area contributed by atoms with E-state index in [0.29, 0.717) is 24.1 Å². The molecule has 8 heteroatoms. The summed E-state index contributed by atoms with van der Waals surface area (Å²) in [5.74, 6) is -1.86. The number of halogens is 2. The molecule has 196 valence electrons. The molecule has 1 aliphatic heterocycles. The lowest BCUT2D eigenvalue weighted by atomic mass is 9.74. The number of hydrogen-bond donors (Lipinski definition) is 0. The van der Waals surface area contributed by atoms with Gasteiger partial charge in [0.2, 0.25) is 16.9 Å². The van der Waals surface area contributed by atoms with E-state index in [1.807, 2.05) is 36.7 Å². The van der Waals surface area contributed by atoms with Gasteiger partial charge in [-0.1, -0.05) is 46.5 Å². The standard InChI is InChI=1S/C30H31F2N4O2/c1-4-7-8-9-10-11-19-12-14-36-23(16-19)24-20(17-22(31)21(18-33)26(24)32)25(30(36,5-2)6-3)28-35-15-13-34-27(35)29(37)38-28/h12-17H,4-11H2,1-3H3/q+1. The molecule has 0 saturated carbocycles. The fraction of sp³-hybridized carbons (Fsp3) is 0.400. The van der Waals surface area contributed by atoms with Gasteiger partial charge in [0, 0.05) is 42.9 Å². The first kappa shape index (κ1) is 25.8. The van der Waals surface area contributed by atoms with E-state index in [9.17, 15) is 10.1 Å². The number of aryl methyl sites for hydroxylation is 1. The summed E-state index contributed by atoms with van der Waals surface area (Å²) in [5.41, 5.74) is 0.845. The number of imidazole rings is 1. The van der Waals surface area contributed by atoms with Crippen LogP contribution in [0.5, 0.6) is 0 Å². The second-order valence-electron chi connectivity index (χ2n) is 9.97. The van der Waals surface area contributed by atoms with Gasteiger partial charge in [0.05, 0.1) is 11.1 Å². The molecular formula is C30H31F2N4O2+. The summed E-state index contributed by atoms with van der Waals surface area (Å²) in [7, 11) is 0. The van der Waals surface area contributed by atoms with Gasteiger partial charge in [0.15, 0.2) is 17.6 Å². The summed E-state index contributed by atoms with van der Waals surface area (Å²) in [6.45, 7) is 6.20. The molecule has 0 aliphatic carbocycles. The van der Waals surface area contributed by atoms with Crippen molar-refractivity contribution >= 4 is 11.2 Å². The zero-order valence-corrected chi connectivity index (χ0v) is 22.0. The number of unbranched alkanes of at least 4 members (excludes halogenated alkanes) is 4. The smallest absolute Gasteiger partial charge is 0.381 e. The van der Waals surface area contributed by atoms with Crippen molar-refractivity contribution in [3.05, 3.63) is 81.1 Å². The van der Waals surface area contributed by atoms with Crippen LogP contribution in [-0.2, 0) is 12.0 Å². The number of fused-ring (bicyclic) bond motifs is 4. The molecule has 0 N–H and O–H groups in total. The van der Waals surface area contributed by atoms with Crippen LogP contribution in [0.3, 0.4) is 0 Å². The molecule has 0 saturated heterocycles. The topological polar surface area (TPSA) is 75.2 Å². The molecule has 3 aromatic heterocycles. The van der Waals surface area contributed by atoms with Gasteiger partial charge in [-0.25, -0.2) is 18.6 Å². The van der Waals surface area contributed by atoms with Gasteiger partial charge in [-0.15, -0.1) is 0 Å². The van der Waals surface area contributed by atoms with Gasteiger partial charge in [-0.3, -0.25) is 4.40 Å². The van der Waals surface area contributed by atoms with Crippen molar-refractivity contribution in [3.8, 4) is 17.3 Å². The predicted molar refractivity (Wildman–Crippen MR) is 139 cm³/mol. The maximum absolute atomic E-state index is 16.0. The maximum Gasteiger partial charge on any atom is 0.381 e.